The first-order chi connectivity index (χ1) is 23.5. The molecule has 0 spiro atoms. The number of phenols is 1. The van der Waals surface area contributed by atoms with Gasteiger partial charge in [0.2, 0.25) is 0 Å². The normalized spacial score (nSPS) is 40.3. The van der Waals surface area contributed by atoms with E-state index in [4.69, 9.17) is 26.2 Å². The fraction of sp³-hybridized carbons (Fsp3) is 0.690. The zero-order valence-electron chi connectivity index (χ0n) is 30.4. The number of hydrogen-bond acceptors (Lipinski definition) is 6. The summed E-state index contributed by atoms with van der Waals surface area (Å²) in [6.07, 6.45) is 22.5. The van der Waals surface area contributed by atoms with Gasteiger partial charge in [-0.25, -0.2) is 0 Å². The number of aliphatic hydroxyl groups excluding tert-OH is 1. The quantitative estimate of drug-likeness (QED) is 0.178. The second kappa shape index (κ2) is 14.8. The molecule has 5 fully saturated rings. The number of fused-ring (bicyclic) bond motifs is 10. The molecule has 0 radical (unpaired) electrons. The molecule has 0 aliphatic heterocycles. The predicted octanol–water partition coefficient (Wildman–Crippen LogP) is 7.28. The van der Waals surface area contributed by atoms with E-state index in [-0.39, 0.29) is 16.9 Å². The number of benzene rings is 1. The Kier molecular flexibility index (Phi) is 11.3. The van der Waals surface area contributed by atoms with E-state index < -0.39 is 17.5 Å². The molecule has 11 atom stereocenters. The Balaban J connectivity index is 0.000000161. The molecule has 8 nitrogen and oxygen atoms in total. The Morgan fingerprint density at radius 3 is 2.16 bits per heavy atom. The lowest BCUT2D eigenvalue weighted by Gasteiger charge is -2.54. The van der Waals surface area contributed by atoms with Crippen molar-refractivity contribution in [2.75, 3.05) is 0 Å². The number of carboxylic acids is 2. The fourth-order valence-corrected chi connectivity index (χ4v) is 12.0. The average molecular weight is 691 g/mol. The van der Waals surface area contributed by atoms with Crippen LogP contribution in [0.2, 0.25) is 0 Å². The number of carbonyl (C=O) groups excluding carboxylic acids is 1. The highest BCUT2D eigenvalue weighted by atomic mass is 16.4. The van der Waals surface area contributed by atoms with E-state index in [1.807, 2.05) is 18.2 Å². The summed E-state index contributed by atoms with van der Waals surface area (Å²) in [5, 5.41) is 45.8. The van der Waals surface area contributed by atoms with E-state index >= 15 is 0 Å². The molecule has 7 aliphatic carbocycles. The molecule has 0 bridgehead atoms. The van der Waals surface area contributed by atoms with Gasteiger partial charge in [-0.1, -0.05) is 31.4 Å². The largest absolute Gasteiger partial charge is 0.508 e. The summed E-state index contributed by atoms with van der Waals surface area (Å²) >= 11 is 0. The molecular weight excluding hydrogens is 632 g/mol. The zero-order chi connectivity index (χ0) is 36.6. The van der Waals surface area contributed by atoms with Crippen molar-refractivity contribution in [3.63, 3.8) is 0 Å². The number of allylic oxidation sites excluding steroid dienone is 1. The van der Waals surface area contributed by atoms with Crippen LogP contribution < -0.4 is 0 Å². The Bertz CT molecular complexity index is 1500. The molecule has 0 saturated heterocycles. The van der Waals surface area contributed by atoms with E-state index in [2.05, 4.69) is 25.8 Å². The van der Waals surface area contributed by atoms with Crippen molar-refractivity contribution in [2.24, 2.45) is 46.3 Å². The molecule has 8 heteroatoms. The van der Waals surface area contributed by atoms with Crippen LogP contribution in [0.25, 0.3) is 0 Å². The number of aliphatic hydroxyl groups is 2. The van der Waals surface area contributed by atoms with Gasteiger partial charge in [0.25, 0.3) is 11.9 Å². The molecule has 1 aromatic rings. The van der Waals surface area contributed by atoms with Crippen LogP contribution in [0.4, 0.5) is 0 Å². The SMILES string of the molecule is C#C[C@]1(O)CC[C@H]2[C@@H]3CCC4=CC(=O)CC[C@@H]4[C@H]3CC[C@@]21C.CC(=O)O.CC(=O)O.C[C@]12CC[C@@H]3c4ccc(O)cc4CC[C@H]3[C@@H]1CC[C@@H]2O. The van der Waals surface area contributed by atoms with Crippen LogP contribution in [0.1, 0.15) is 128 Å². The highest BCUT2D eigenvalue weighted by molar-refractivity contribution is 5.91. The molecule has 0 unspecified atom stereocenters. The van der Waals surface area contributed by atoms with Gasteiger partial charge in [-0.05, 0) is 160 Å². The van der Waals surface area contributed by atoms with Crippen molar-refractivity contribution in [3.05, 3.63) is 41.0 Å². The van der Waals surface area contributed by atoms with E-state index in [1.165, 1.54) is 42.4 Å². The number of phenolic OH excluding ortho intramolecular Hbond substituents is 1. The van der Waals surface area contributed by atoms with Gasteiger partial charge in [0.15, 0.2) is 5.78 Å². The van der Waals surface area contributed by atoms with Crippen molar-refractivity contribution in [3.8, 4) is 18.1 Å². The first kappa shape index (κ1) is 38.1. The maximum atomic E-state index is 11.7. The summed E-state index contributed by atoms with van der Waals surface area (Å²) in [5.41, 5.74) is 3.41. The third-order valence-electron chi connectivity index (χ3n) is 14.4. The molecule has 0 aromatic heterocycles. The standard InChI is InChI=1S/C20H26O2.C18H24O2.2C2H4O2/c1-3-20(22)11-9-18-17-6-4-13-12-14(21)5-7-15(13)16(17)8-10-19(18,20)2;1-18-9-8-14-13-5-3-12(19)10-11(13)2-4-15(14)16(18)6-7-17(18)20;2*1-2(3)4/h1,12,15-18,22H,4-11H2,2H3;3,5,10,14-17,19-20H,2,4,6-9H2,1H3;2*1H3,(H,3,4)/t15-,16+,17+,18-,19-,20-;14-,15-,16+,17+,18+;;/m01../s1. The van der Waals surface area contributed by atoms with Crippen molar-refractivity contribution in [2.45, 2.75) is 135 Å². The molecule has 1 aromatic carbocycles. The topological polar surface area (TPSA) is 152 Å². The van der Waals surface area contributed by atoms with Crippen LogP contribution in [0.3, 0.4) is 0 Å². The summed E-state index contributed by atoms with van der Waals surface area (Å²) in [4.78, 5) is 29.7. The number of rotatable bonds is 0. The lowest BCUT2D eigenvalue weighted by molar-refractivity contribution is -0.135. The summed E-state index contributed by atoms with van der Waals surface area (Å²) in [6, 6.07) is 5.96. The van der Waals surface area contributed by atoms with Gasteiger partial charge in [-0.15, -0.1) is 6.42 Å². The maximum Gasteiger partial charge on any atom is 0.300 e. The Labute approximate surface area is 297 Å². The van der Waals surface area contributed by atoms with Crippen LogP contribution in [0.15, 0.2) is 29.8 Å². The van der Waals surface area contributed by atoms with Gasteiger partial charge in [0.1, 0.15) is 11.4 Å². The molecular formula is C42H58O8. The average Bonchev–Trinajstić information content (AvgIpc) is 3.52. The van der Waals surface area contributed by atoms with E-state index in [0.717, 1.165) is 84.0 Å². The van der Waals surface area contributed by atoms with Gasteiger partial charge in [-0.3, -0.25) is 14.4 Å². The highest BCUT2D eigenvalue weighted by Crippen LogP contribution is 2.65. The van der Waals surface area contributed by atoms with Crippen LogP contribution in [-0.4, -0.2) is 55.0 Å². The minimum atomic E-state index is -0.902. The summed E-state index contributed by atoms with van der Waals surface area (Å²) in [5.74, 6) is 6.48. The first-order valence-corrected chi connectivity index (χ1v) is 18.9. The number of hydrogen-bond donors (Lipinski definition) is 5. The molecule has 0 amide bonds. The van der Waals surface area contributed by atoms with Crippen molar-refractivity contribution < 1.29 is 39.9 Å². The van der Waals surface area contributed by atoms with Crippen molar-refractivity contribution >= 4 is 17.7 Å². The lowest BCUT2D eigenvalue weighted by atomic mass is 9.50. The number of carbonyl (C=O) groups is 3. The molecule has 8 rings (SSSR count). The number of aryl methyl sites for hydroxylation is 1. The number of aliphatic carboxylic acids is 2. The Morgan fingerprint density at radius 1 is 0.800 bits per heavy atom. The first-order valence-electron chi connectivity index (χ1n) is 18.9. The molecule has 50 heavy (non-hydrogen) atoms. The third kappa shape index (κ3) is 7.15. The molecule has 274 valence electrons. The smallest absolute Gasteiger partial charge is 0.300 e. The molecule has 5 saturated carbocycles. The van der Waals surface area contributed by atoms with Gasteiger partial charge in [0, 0.05) is 25.7 Å². The van der Waals surface area contributed by atoms with E-state index in [1.54, 1.807) is 0 Å². The van der Waals surface area contributed by atoms with Crippen LogP contribution in [0.5, 0.6) is 5.75 Å². The minimum absolute atomic E-state index is 0.0883. The summed E-state index contributed by atoms with van der Waals surface area (Å²) in [6.45, 7) is 6.72. The fourth-order valence-electron chi connectivity index (χ4n) is 12.0. The van der Waals surface area contributed by atoms with Crippen LogP contribution in [-0.2, 0) is 20.8 Å². The molecule has 0 heterocycles. The second-order valence-electron chi connectivity index (χ2n) is 16.8. The van der Waals surface area contributed by atoms with Crippen LogP contribution >= 0.6 is 0 Å². The van der Waals surface area contributed by atoms with E-state index in [0.29, 0.717) is 47.0 Å². The number of aromatic hydroxyl groups is 1. The summed E-state index contributed by atoms with van der Waals surface area (Å²) < 4.78 is 0. The molecule has 7 aliphatic rings. The monoisotopic (exact) mass is 690 g/mol. The van der Waals surface area contributed by atoms with Crippen LogP contribution in [0, 0.1) is 58.7 Å². The number of terminal acetylenes is 1. The maximum absolute atomic E-state index is 11.7. The number of carboxylic acid groups (broad SMARTS) is 2. The number of ketones is 1. The minimum Gasteiger partial charge on any atom is -0.508 e. The van der Waals surface area contributed by atoms with Gasteiger partial charge < -0.3 is 25.5 Å². The zero-order valence-corrected chi connectivity index (χ0v) is 30.4. The second-order valence-corrected chi connectivity index (χ2v) is 16.8. The lowest BCUT2D eigenvalue weighted by Crippen LogP contribution is -2.52. The summed E-state index contributed by atoms with van der Waals surface area (Å²) in [7, 11) is 0. The highest BCUT2D eigenvalue weighted by Gasteiger charge is 2.62. The van der Waals surface area contributed by atoms with Gasteiger partial charge in [-0.2, -0.15) is 0 Å². The van der Waals surface area contributed by atoms with Gasteiger partial charge >= 0.3 is 0 Å². The van der Waals surface area contributed by atoms with Crippen molar-refractivity contribution in [1.29, 1.82) is 0 Å². The van der Waals surface area contributed by atoms with Crippen molar-refractivity contribution in [1.82, 2.24) is 0 Å². The Hall–Kier alpha value is -3.15. The van der Waals surface area contributed by atoms with E-state index in [9.17, 15) is 20.1 Å². The Morgan fingerprint density at radius 2 is 1.48 bits per heavy atom. The molecule has 5 N–H and O–H groups in total. The van der Waals surface area contributed by atoms with Gasteiger partial charge in [0.05, 0.1) is 6.10 Å². The predicted molar refractivity (Wildman–Crippen MR) is 191 cm³/mol. The third-order valence-corrected chi connectivity index (χ3v) is 14.4.